The molecule has 1 fully saturated rings. The predicted molar refractivity (Wildman–Crippen MR) is 73.5 cm³/mol. The van der Waals surface area contributed by atoms with Crippen molar-refractivity contribution in [1.29, 1.82) is 0 Å². The van der Waals surface area contributed by atoms with E-state index in [4.69, 9.17) is 28.3 Å². The molecule has 0 unspecified atom stereocenters. The van der Waals surface area contributed by atoms with Crippen LogP contribution in [0.3, 0.4) is 0 Å². The van der Waals surface area contributed by atoms with Crippen molar-refractivity contribution >= 4 is 29.1 Å². The summed E-state index contributed by atoms with van der Waals surface area (Å²) in [5.74, 6) is -0.469. The molecule has 3 atom stereocenters. The standard InChI is InChI=1S/C13H15Cl2NO3/c14-8-1-2-10(11(15)4-8)13(19)16-9-3-7(6-17)12(18)5-9/h1-2,4,7,9,12,17-18H,3,5-6H2,(H,16,19)/t7-,9+,12+/m1/s1. The number of halogens is 2. The monoisotopic (exact) mass is 303 g/mol. The topological polar surface area (TPSA) is 69.6 Å². The van der Waals surface area contributed by atoms with Gasteiger partial charge in [-0.25, -0.2) is 0 Å². The lowest BCUT2D eigenvalue weighted by atomic mass is 10.1. The van der Waals surface area contributed by atoms with E-state index in [9.17, 15) is 9.90 Å². The minimum absolute atomic E-state index is 0.0742. The van der Waals surface area contributed by atoms with E-state index >= 15 is 0 Å². The Labute approximate surface area is 121 Å². The Balaban J connectivity index is 2.02. The van der Waals surface area contributed by atoms with Crippen LogP contribution in [0.15, 0.2) is 18.2 Å². The predicted octanol–water partition coefficient (Wildman–Crippen LogP) is 1.85. The summed E-state index contributed by atoms with van der Waals surface area (Å²) in [5, 5.41) is 22.3. The lowest BCUT2D eigenvalue weighted by Gasteiger charge is -2.13. The smallest absolute Gasteiger partial charge is 0.253 e. The third-order valence-corrected chi connectivity index (χ3v) is 3.95. The summed E-state index contributed by atoms with van der Waals surface area (Å²) < 4.78 is 0. The zero-order chi connectivity index (χ0) is 14.0. The van der Waals surface area contributed by atoms with Gasteiger partial charge in [0.1, 0.15) is 0 Å². The number of aliphatic hydroxyl groups is 2. The highest BCUT2D eigenvalue weighted by atomic mass is 35.5. The summed E-state index contributed by atoms with van der Waals surface area (Å²) in [5.41, 5.74) is 0.355. The van der Waals surface area contributed by atoms with E-state index in [1.54, 1.807) is 12.1 Å². The fourth-order valence-corrected chi connectivity index (χ4v) is 2.85. The maximum Gasteiger partial charge on any atom is 0.253 e. The van der Waals surface area contributed by atoms with E-state index in [1.165, 1.54) is 6.07 Å². The van der Waals surface area contributed by atoms with Gasteiger partial charge in [-0.3, -0.25) is 4.79 Å². The van der Waals surface area contributed by atoms with Gasteiger partial charge in [0.2, 0.25) is 0 Å². The second-order valence-corrected chi connectivity index (χ2v) is 5.62. The van der Waals surface area contributed by atoms with Gasteiger partial charge >= 0.3 is 0 Å². The normalized spacial score (nSPS) is 26.4. The number of hydrogen-bond donors (Lipinski definition) is 3. The molecule has 1 amide bonds. The van der Waals surface area contributed by atoms with Gasteiger partial charge in [0.15, 0.2) is 0 Å². The molecule has 0 heterocycles. The fraction of sp³-hybridized carbons (Fsp3) is 0.462. The summed E-state index contributed by atoms with van der Waals surface area (Å²) >= 11 is 11.7. The number of amides is 1. The molecule has 1 saturated carbocycles. The molecule has 0 radical (unpaired) electrons. The Bertz CT molecular complexity index is 481. The first-order chi connectivity index (χ1) is 9.01. The molecule has 1 aliphatic carbocycles. The van der Waals surface area contributed by atoms with Crippen molar-refractivity contribution < 1.29 is 15.0 Å². The average Bonchev–Trinajstić information content (AvgIpc) is 2.69. The van der Waals surface area contributed by atoms with Crippen LogP contribution in [0.25, 0.3) is 0 Å². The summed E-state index contributed by atoms with van der Waals surface area (Å²) in [7, 11) is 0. The van der Waals surface area contributed by atoms with Gasteiger partial charge in [-0.05, 0) is 31.0 Å². The van der Waals surface area contributed by atoms with Gasteiger partial charge in [0.05, 0.1) is 16.7 Å². The molecule has 0 spiro atoms. The molecule has 0 saturated heterocycles. The van der Waals surface area contributed by atoms with Crippen LogP contribution in [-0.2, 0) is 0 Å². The number of aliphatic hydroxyl groups excluding tert-OH is 2. The first-order valence-electron chi connectivity index (χ1n) is 6.06. The highest BCUT2D eigenvalue weighted by Gasteiger charge is 2.33. The first kappa shape index (κ1) is 14.6. The molecule has 104 valence electrons. The van der Waals surface area contributed by atoms with Crippen molar-refractivity contribution in [3.8, 4) is 0 Å². The molecule has 1 aliphatic rings. The maximum absolute atomic E-state index is 12.1. The van der Waals surface area contributed by atoms with Crippen LogP contribution < -0.4 is 5.32 Å². The van der Waals surface area contributed by atoms with Crippen LogP contribution in [0.4, 0.5) is 0 Å². The van der Waals surface area contributed by atoms with Gasteiger partial charge in [-0.1, -0.05) is 23.2 Å². The highest BCUT2D eigenvalue weighted by molar-refractivity contribution is 6.36. The molecule has 1 aromatic rings. The van der Waals surface area contributed by atoms with Crippen molar-refractivity contribution in [2.24, 2.45) is 5.92 Å². The van der Waals surface area contributed by atoms with Crippen LogP contribution >= 0.6 is 23.2 Å². The highest BCUT2D eigenvalue weighted by Crippen LogP contribution is 2.27. The molecule has 2 rings (SSSR count). The minimum Gasteiger partial charge on any atom is -0.396 e. The number of hydrogen-bond acceptors (Lipinski definition) is 3. The van der Waals surface area contributed by atoms with E-state index < -0.39 is 6.10 Å². The Morgan fingerprint density at radius 3 is 2.68 bits per heavy atom. The fourth-order valence-electron chi connectivity index (χ4n) is 2.35. The number of carbonyl (C=O) groups is 1. The lowest BCUT2D eigenvalue weighted by Crippen LogP contribution is -2.33. The molecule has 1 aromatic carbocycles. The summed E-state index contributed by atoms with van der Waals surface area (Å²) in [6, 6.07) is 4.53. The van der Waals surface area contributed by atoms with Crippen molar-refractivity contribution in [1.82, 2.24) is 5.32 Å². The molecule has 0 aliphatic heterocycles. The SMILES string of the molecule is O=C(N[C@H]1C[C@H](CO)[C@@H](O)C1)c1ccc(Cl)cc1Cl. The summed E-state index contributed by atoms with van der Waals surface area (Å²) in [4.78, 5) is 12.1. The Hall–Kier alpha value is -0.810. The first-order valence-corrected chi connectivity index (χ1v) is 6.81. The molecule has 19 heavy (non-hydrogen) atoms. The van der Waals surface area contributed by atoms with Gasteiger partial charge in [0.25, 0.3) is 5.91 Å². The van der Waals surface area contributed by atoms with Crippen LogP contribution in [0.5, 0.6) is 0 Å². The Kier molecular flexibility index (Phi) is 4.68. The zero-order valence-electron chi connectivity index (χ0n) is 10.1. The average molecular weight is 304 g/mol. The quantitative estimate of drug-likeness (QED) is 0.798. The Morgan fingerprint density at radius 1 is 1.37 bits per heavy atom. The molecular formula is C13H15Cl2NO3. The van der Waals surface area contributed by atoms with Crippen LogP contribution in [-0.4, -0.2) is 34.9 Å². The van der Waals surface area contributed by atoms with E-state index in [1.807, 2.05) is 0 Å². The van der Waals surface area contributed by atoms with Crippen molar-refractivity contribution in [3.63, 3.8) is 0 Å². The summed E-state index contributed by atoms with van der Waals surface area (Å²) in [6.07, 6.45) is 0.438. The number of benzene rings is 1. The van der Waals surface area contributed by atoms with Crippen molar-refractivity contribution in [2.75, 3.05) is 6.61 Å². The maximum atomic E-state index is 12.1. The largest absolute Gasteiger partial charge is 0.396 e. The third kappa shape index (κ3) is 3.39. The van der Waals surface area contributed by atoms with E-state index in [0.29, 0.717) is 28.5 Å². The second kappa shape index (κ2) is 6.09. The van der Waals surface area contributed by atoms with Crippen LogP contribution in [0.2, 0.25) is 10.0 Å². The number of nitrogens with one attached hydrogen (secondary N) is 1. The van der Waals surface area contributed by atoms with E-state index in [2.05, 4.69) is 5.32 Å². The molecule has 6 heteroatoms. The van der Waals surface area contributed by atoms with Gasteiger partial charge in [-0.15, -0.1) is 0 Å². The molecule has 4 nitrogen and oxygen atoms in total. The van der Waals surface area contributed by atoms with Crippen molar-refractivity contribution in [3.05, 3.63) is 33.8 Å². The second-order valence-electron chi connectivity index (χ2n) is 4.78. The minimum atomic E-state index is -0.573. The number of carbonyl (C=O) groups excluding carboxylic acids is 1. The Morgan fingerprint density at radius 2 is 2.11 bits per heavy atom. The molecule has 0 aromatic heterocycles. The molecule has 3 N–H and O–H groups in total. The molecular weight excluding hydrogens is 289 g/mol. The van der Waals surface area contributed by atoms with Gasteiger partial charge < -0.3 is 15.5 Å². The van der Waals surface area contributed by atoms with E-state index in [-0.39, 0.29) is 24.5 Å². The van der Waals surface area contributed by atoms with Crippen molar-refractivity contribution in [2.45, 2.75) is 25.0 Å². The van der Waals surface area contributed by atoms with Gasteiger partial charge in [-0.2, -0.15) is 0 Å². The van der Waals surface area contributed by atoms with E-state index in [0.717, 1.165) is 0 Å². The van der Waals surface area contributed by atoms with Gasteiger partial charge in [0, 0.05) is 23.6 Å². The van der Waals surface area contributed by atoms with Crippen LogP contribution in [0.1, 0.15) is 23.2 Å². The molecule has 0 bridgehead atoms. The number of rotatable bonds is 3. The zero-order valence-corrected chi connectivity index (χ0v) is 11.7. The summed E-state index contributed by atoms with van der Waals surface area (Å²) in [6.45, 7) is -0.0742. The lowest BCUT2D eigenvalue weighted by molar-refractivity contribution is 0.0903. The third-order valence-electron chi connectivity index (χ3n) is 3.40. The van der Waals surface area contributed by atoms with Crippen LogP contribution in [0, 0.1) is 5.92 Å².